The Labute approximate surface area is 136 Å². The number of aromatic nitrogens is 2. The first kappa shape index (κ1) is 16.3. The van der Waals surface area contributed by atoms with Gasteiger partial charge in [0.25, 0.3) is 0 Å². The van der Waals surface area contributed by atoms with Gasteiger partial charge < -0.3 is 10.1 Å². The van der Waals surface area contributed by atoms with Gasteiger partial charge >= 0.3 is 6.18 Å². The first-order valence-corrected chi connectivity index (χ1v) is 7.32. The van der Waals surface area contributed by atoms with Crippen LogP contribution in [0, 0.1) is 6.92 Å². The van der Waals surface area contributed by atoms with Crippen molar-refractivity contribution < 1.29 is 18.3 Å². The van der Waals surface area contributed by atoms with Crippen LogP contribution in [0.5, 0.6) is 0 Å². The minimum Gasteiger partial charge on any atom is -0.380 e. The number of alkyl halides is 3. The molecule has 0 aliphatic rings. The molecule has 0 aliphatic carbocycles. The molecule has 0 bridgehead atoms. The number of imidazole rings is 1. The fourth-order valence-corrected chi connectivity index (χ4v) is 2.48. The molecule has 0 aliphatic heterocycles. The van der Waals surface area contributed by atoms with Gasteiger partial charge in [-0.15, -0.1) is 0 Å². The molecule has 0 saturated carbocycles. The second-order valence-electron chi connectivity index (χ2n) is 5.54. The van der Waals surface area contributed by atoms with Crippen LogP contribution < -0.4 is 0 Å². The van der Waals surface area contributed by atoms with Gasteiger partial charge in [0.1, 0.15) is 11.9 Å². The van der Waals surface area contributed by atoms with E-state index in [0.29, 0.717) is 5.56 Å². The number of aromatic amines is 1. The summed E-state index contributed by atoms with van der Waals surface area (Å²) in [5, 5.41) is 10.4. The van der Waals surface area contributed by atoms with E-state index in [-0.39, 0.29) is 17.1 Å². The third-order valence-corrected chi connectivity index (χ3v) is 3.77. The third-order valence-electron chi connectivity index (χ3n) is 3.77. The van der Waals surface area contributed by atoms with Gasteiger partial charge in [-0.3, -0.25) is 0 Å². The molecule has 2 N–H and O–H groups in total. The summed E-state index contributed by atoms with van der Waals surface area (Å²) >= 11 is 0. The predicted molar refractivity (Wildman–Crippen MR) is 84.3 cm³/mol. The molecule has 3 aromatic rings. The van der Waals surface area contributed by atoms with E-state index in [0.717, 1.165) is 11.6 Å². The average Bonchev–Trinajstić information content (AvgIpc) is 3.04. The van der Waals surface area contributed by atoms with Crippen molar-refractivity contribution in [2.45, 2.75) is 19.2 Å². The fraction of sp³-hybridized carbons (Fsp3) is 0.167. The minimum atomic E-state index is -4.46. The Morgan fingerprint density at radius 2 is 1.71 bits per heavy atom. The number of H-pyrrole nitrogens is 1. The lowest BCUT2D eigenvalue weighted by Crippen LogP contribution is -2.07. The van der Waals surface area contributed by atoms with Gasteiger partial charge in [0.15, 0.2) is 0 Å². The first-order chi connectivity index (χ1) is 11.4. The van der Waals surface area contributed by atoms with Crippen molar-refractivity contribution >= 4 is 0 Å². The van der Waals surface area contributed by atoms with Crippen LogP contribution in [0.1, 0.15) is 28.6 Å². The van der Waals surface area contributed by atoms with Crippen molar-refractivity contribution in [1.82, 2.24) is 9.97 Å². The molecule has 124 valence electrons. The summed E-state index contributed by atoms with van der Waals surface area (Å²) in [6.07, 6.45) is -4.19. The Morgan fingerprint density at radius 1 is 1.04 bits per heavy atom. The lowest BCUT2D eigenvalue weighted by atomic mass is 10.0. The lowest BCUT2D eigenvalue weighted by Gasteiger charge is -2.11. The zero-order valence-electron chi connectivity index (χ0n) is 12.8. The summed E-state index contributed by atoms with van der Waals surface area (Å²) in [6.45, 7) is 1.93. The molecule has 24 heavy (non-hydrogen) atoms. The Hall–Kier alpha value is -2.60. The van der Waals surface area contributed by atoms with E-state index in [2.05, 4.69) is 9.97 Å². The molecule has 1 atom stereocenters. The number of hydrogen-bond acceptors (Lipinski definition) is 2. The molecule has 0 saturated heterocycles. The van der Waals surface area contributed by atoms with Crippen molar-refractivity contribution in [1.29, 1.82) is 0 Å². The number of aliphatic hydroxyl groups excluding tert-OH is 1. The second kappa shape index (κ2) is 6.13. The molecular formula is C18H15F3N2O. The Kier molecular flexibility index (Phi) is 4.15. The minimum absolute atomic E-state index is 0.000133. The number of benzene rings is 2. The molecule has 1 heterocycles. The summed E-state index contributed by atoms with van der Waals surface area (Å²) in [5.74, 6) is 0.200. The van der Waals surface area contributed by atoms with E-state index < -0.39 is 17.8 Å². The third kappa shape index (κ3) is 3.19. The van der Waals surface area contributed by atoms with E-state index in [1.54, 1.807) is 12.1 Å². The monoisotopic (exact) mass is 332 g/mol. The molecule has 2 aromatic carbocycles. The van der Waals surface area contributed by atoms with Crippen LogP contribution in [0.4, 0.5) is 13.2 Å². The quantitative estimate of drug-likeness (QED) is 0.743. The van der Waals surface area contributed by atoms with Crippen molar-refractivity contribution in [3.63, 3.8) is 0 Å². The van der Waals surface area contributed by atoms with Crippen molar-refractivity contribution in [3.05, 3.63) is 77.2 Å². The number of nitrogens with zero attached hydrogens (tertiary/aromatic N) is 1. The van der Waals surface area contributed by atoms with Crippen molar-refractivity contribution in [2.75, 3.05) is 0 Å². The number of nitrogens with one attached hydrogen (secondary N) is 1. The molecular weight excluding hydrogens is 317 g/mol. The maximum absolute atomic E-state index is 13.1. The van der Waals surface area contributed by atoms with Crippen LogP contribution in [0.15, 0.2) is 54.7 Å². The summed E-state index contributed by atoms with van der Waals surface area (Å²) in [7, 11) is 0. The van der Waals surface area contributed by atoms with Crippen LogP contribution in [0.3, 0.4) is 0 Å². The molecule has 3 nitrogen and oxygen atoms in total. The normalized spacial score (nSPS) is 13.0. The number of aliphatic hydroxyl groups is 1. The highest BCUT2D eigenvalue weighted by atomic mass is 19.4. The highest BCUT2D eigenvalue weighted by Gasteiger charge is 2.33. The van der Waals surface area contributed by atoms with E-state index >= 15 is 0 Å². The highest BCUT2D eigenvalue weighted by molar-refractivity contribution is 5.64. The van der Waals surface area contributed by atoms with E-state index in [1.807, 2.05) is 19.1 Å². The summed E-state index contributed by atoms with van der Waals surface area (Å²) in [6, 6.07) is 12.5. The highest BCUT2D eigenvalue weighted by Crippen LogP contribution is 2.36. The fourth-order valence-electron chi connectivity index (χ4n) is 2.48. The number of hydrogen-bond donors (Lipinski definition) is 2. The first-order valence-electron chi connectivity index (χ1n) is 7.32. The SMILES string of the molecule is Cc1ccc(C(O)c2ncc(-c3ccccc3C(F)(F)F)[nH]2)cc1. The molecule has 3 rings (SSSR count). The second-order valence-corrected chi connectivity index (χ2v) is 5.54. The Bertz CT molecular complexity index is 838. The molecule has 0 spiro atoms. The van der Waals surface area contributed by atoms with Crippen LogP contribution in [0.25, 0.3) is 11.3 Å². The number of aryl methyl sites for hydroxylation is 1. The lowest BCUT2D eigenvalue weighted by molar-refractivity contribution is -0.137. The van der Waals surface area contributed by atoms with Gasteiger partial charge in [-0.25, -0.2) is 4.98 Å². The summed E-state index contributed by atoms with van der Waals surface area (Å²) in [4.78, 5) is 6.84. The molecule has 1 aromatic heterocycles. The zero-order valence-corrected chi connectivity index (χ0v) is 12.8. The molecule has 0 fully saturated rings. The summed E-state index contributed by atoms with van der Waals surface area (Å²) in [5.41, 5.74) is 1.13. The number of rotatable bonds is 3. The largest absolute Gasteiger partial charge is 0.417 e. The van der Waals surface area contributed by atoms with Gasteiger partial charge in [0.2, 0.25) is 0 Å². The van der Waals surface area contributed by atoms with E-state index in [1.165, 1.54) is 24.4 Å². The van der Waals surface area contributed by atoms with Crippen molar-refractivity contribution in [3.8, 4) is 11.3 Å². The van der Waals surface area contributed by atoms with Gasteiger partial charge in [-0.05, 0) is 18.6 Å². The predicted octanol–water partition coefficient (Wildman–Crippen LogP) is 4.49. The topological polar surface area (TPSA) is 48.9 Å². The standard InChI is InChI=1S/C18H15F3N2O/c1-11-6-8-12(9-7-11)16(24)17-22-10-15(23-17)13-4-2-3-5-14(13)18(19,20)21/h2-10,16,24H,1H3,(H,22,23). The van der Waals surface area contributed by atoms with Crippen molar-refractivity contribution in [2.24, 2.45) is 0 Å². The Balaban J connectivity index is 1.96. The average molecular weight is 332 g/mol. The Morgan fingerprint density at radius 3 is 2.38 bits per heavy atom. The van der Waals surface area contributed by atoms with Gasteiger partial charge in [-0.2, -0.15) is 13.2 Å². The van der Waals surface area contributed by atoms with Gasteiger partial charge in [-0.1, -0.05) is 48.0 Å². The van der Waals surface area contributed by atoms with Gasteiger partial charge in [0, 0.05) is 5.56 Å². The maximum Gasteiger partial charge on any atom is 0.417 e. The van der Waals surface area contributed by atoms with Crippen LogP contribution in [0.2, 0.25) is 0 Å². The van der Waals surface area contributed by atoms with Crippen LogP contribution >= 0.6 is 0 Å². The van der Waals surface area contributed by atoms with E-state index in [9.17, 15) is 18.3 Å². The van der Waals surface area contributed by atoms with Crippen LogP contribution in [-0.4, -0.2) is 15.1 Å². The molecule has 6 heteroatoms. The number of halogens is 3. The van der Waals surface area contributed by atoms with Gasteiger partial charge in [0.05, 0.1) is 17.5 Å². The molecule has 1 unspecified atom stereocenters. The zero-order chi connectivity index (χ0) is 17.3. The smallest absolute Gasteiger partial charge is 0.380 e. The molecule has 0 amide bonds. The molecule has 0 radical (unpaired) electrons. The maximum atomic E-state index is 13.1. The van der Waals surface area contributed by atoms with Crippen LogP contribution in [-0.2, 0) is 6.18 Å². The summed E-state index contributed by atoms with van der Waals surface area (Å²) < 4.78 is 39.4. The van der Waals surface area contributed by atoms with E-state index in [4.69, 9.17) is 0 Å².